The minimum absolute atomic E-state index is 0.0591. The number of hydrogen-bond donors (Lipinski definition) is 0. The topological polar surface area (TPSA) is 27.7 Å². The zero-order valence-corrected chi connectivity index (χ0v) is 24.5. The average molecular weight is 519 g/mol. The monoisotopic (exact) mass is 518 g/mol. The van der Waals surface area contributed by atoms with E-state index in [4.69, 9.17) is 13.9 Å². The largest absolute Gasteiger partial charge is 0.402 e. The van der Waals surface area contributed by atoms with Crippen LogP contribution in [0.4, 0.5) is 0 Å². The molecule has 0 radical (unpaired) electrons. The molecule has 6 heteroatoms. The van der Waals surface area contributed by atoms with E-state index in [1.807, 2.05) is 37.4 Å². The molecule has 1 heterocycles. The van der Waals surface area contributed by atoms with Gasteiger partial charge in [0.25, 0.3) is 8.32 Å². The van der Waals surface area contributed by atoms with E-state index < -0.39 is 14.1 Å². The van der Waals surface area contributed by atoms with Crippen LogP contribution < -0.4 is 10.4 Å². The molecule has 2 atom stereocenters. The number of hydrogen-bond acceptors (Lipinski definition) is 5. The summed E-state index contributed by atoms with van der Waals surface area (Å²) in [5, 5.41) is 2.54. The summed E-state index contributed by atoms with van der Waals surface area (Å²) in [6, 6.07) is 21.8. The molecular formula is C28H42O3S2Si. The van der Waals surface area contributed by atoms with E-state index in [1.54, 1.807) is 0 Å². The van der Waals surface area contributed by atoms with E-state index in [9.17, 15) is 0 Å². The van der Waals surface area contributed by atoms with Gasteiger partial charge in [-0.05, 0) is 47.2 Å². The van der Waals surface area contributed by atoms with Crippen LogP contribution in [0.3, 0.4) is 0 Å². The maximum Gasteiger partial charge on any atom is 0.261 e. The number of benzene rings is 2. The van der Waals surface area contributed by atoms with E-state index in [2.05, 4.69) is 95.3 Å². The van der Waals surface area contributed by atoms with Crippen molar-refractivity contribution in [3.63, 3.8) is 0 Å². The van der Waals surface area contributed by atoms with E-state index in [0.717, 1.165) is 17.9 Å². The Hall–Kier alpha value is -0.763. The van der Waals surface area contributed by atoms with Crippen LogP contribution in [0.2, 0.25) is 5.04 Å². The fourth-order valence-electron chi connectivity index (χ4n) is 4.84. The van der Waals surface area contributed by atoms with Gasteiger partial charge in [0.05, 0.1) is 17.3 Å². The van der Waals surface area contributed by atoms with E-state index in [-0.39, 0.29) is 17.2 Å². The molecule has 1 aliphatic heterocycles. The van der Waals surface area contributed by atoms with E-state index >= 15 is 0 Å². The third-order valence-corrected chi connectivity index (χ3v) is 14.0. The first-order valence-electron chi connectivity index (χ1n) is 12.5. The molecule has 0 saturated carbocycles. The van der Waals surface area contributed by atoms with Crippen LogP contribution in [0.5, 0.6) is 0 Å². The second kappa shape index (κ2) is 12.0. The van der Waals surface area contributed by atoms with Gasteiger partial charge in [-0.3, -0.25) is 0 Å². The van der Waals surface area contributed by atoms with Gasteiger partial charge >= 0.3 is 0 Å². The van der Waals surface area contributed by atoms with Crippen molar-refractivity contribution in [3.05, 3.63) is 60.7 Å². The lowest BCUT2D eigenvalue weighted by Crippen LogP contribution is -2.68. The molecule has 0 aliphatic carbocycles. The van der Waals surface area contributed by atoms with Crippen LogP contribution >= 0.6 is 23.5 Å². The molecule has 3 rings (SSSR count). The molecule has 1 fully saturated rings. The van der Waals surface area contributed by atoms with Gasteiger partial charge in [-0.1, -0.05) is 95.3 Å². The highest BCUT2D eigenvalue weighted by molar-refractivity contribution is 8.16. The van der Waals surface area contributed by atoms with Crippen molar-refractivity contribution in [1.82, 2.24) is 0 Å². The van der Waals surface area contributed by atoms with Gasteiger partial charge < -0.3 is 13.9 Å². The highest BCUT2D eigenvalue weighted by Gasteiger charge is 2.53. The lowest BCUT2D eigenvalue weighted by atomic mass is 10.1. The Bertz CT molecular complexity index is 825. The minimum atomic E-state index is -2.69. The average Bonchev–Trinajstić information content (AvgIpc) is 3.17. The Morgan fingerprint density at radius 3 is 1.82 bits per heavy atom. The summed E-state index contributed by atoms with van der Waals surface area (Å²) in [6.07, 6.45) is 0.788. The molecule has 0 aromatic heterocycles. The summed E-state index contributed by atoms with van der Waals surface area (Å²) >= 11 is 4.03. The standard InChI is InChI=1S/C28H42O3S2Si/c1-8-32-26(33-9-2)20-24(25-21-29-28(6,7)30-25)31-34(27(3,4)5,22-16-12-10-13-17-22)23-18-14-11-15-19-23/h10-19,24-26H,8-9,20-21H2,1-7H3/t24-,25-/m0/s1. The van der Waals surface area contributed by atoms with Crippen LogP contribution in [0.25, 0.3) is 0 Å². The van der Waals surface area contributed by atoms with Crippen LogP contribution in [0.1, 0.15) is 54.9 Å². The summed E-state index contributed by atoms with van der Waals surface area (Å²) < 4.78 is 20.5. The Balaban J connectivity index is 2.12. The molecule has 3 nitrogen and oxygen atoms in total. The number of ether oxygens (including phenoxy) is 2. The molecule has 0 unspecified atom stereocenters. The Labute approximate surface area is 216 Å². The number of thioether (sulfide) groups is 2. The highest BCUT2D eigenvalue weighted by Crippen LogP contribution is 2.41. The Morgan fingerprint density at radius 1 is 0.941 bits per heavy atom. The van der Waals surface area contributed by atoms with Crippen molar-refractivity contribution >= 4 is 42.2 Å². The quantitative estimate of drug-likeness (QED) is 0.257. The van der Waals surface area contributed by atoms with Gasteiger partial charge in [0, 0.05) is 0 Å². The molecule has 0 bridgehead atoms. The summed E-state index contributed by atoms with van der Waals surface area (Å²) in [5.74, 6) is 1.61. The van der Waals surface area contributed by atoms with Crippen molar-refractivity contribution in [1.29, 1.82) is 0 Å². The maximum atomic E-state index is 7.58. The first kappa shape index (κ1) is 27.8. The molecule has 2 aromatic carbocycles. The summed E-state index contributed by atoms with van der Waals surface area (Å²) in [4.78, 5) is 0. The normalized spacial score (nSPS) is 19.5. The third kappa shape index (κ3) is 6.51. The Kier molecular flexibility index (Phi) is 9.80. The first-order chi connectivity index (χ1) is 16.1. The second-order valence-corrected chi connectivity index (χ2v) is 17.8. The summed E-state index contributed by atoms with van der Waals surface area (Å²) in [5.41, 5.74) is 0. The van der Waals surface area contributed by atoms with Gasteiger partial charge in [-0.15, -0.1) is 23.5 Å². The molecule has 34 heavy (non-hydrogen) atoms. The van der Waals surface area contributed by atoms with Gasteiger partial charge in [0.2, 0.25) is 0 Å². The van der Waals surface area contributed by atoms with Crippen molar-refractivity contribution in [2.24, 2.45) is 0 Å². The predicted molar refractivity (Wildman–Crippen MR) is 152 cm³/mol. The molecular weight excluding hydrogens is 477 g/mol. The predicted octanol–water partition coefficient (Wildman–Crippen LogP) is 6.31. The van der Waals surface area contributed by atoms with Gasteiger partial charge in [-0.25, -0.2) is 0 Å². The SMILES string of the molecule is CCSC(C[C@H](O[Si](c1ccccc1)(c1ccccc1)C(C)(C)C)[C@@H]1COC(C)(C)O1)SCC. The molecule has 1 aliphatic rings. The van der Waals surface area contributed by atoms with Crippen molar-refractivity contribution in [2.45, 2.75) is 82.5 Å². The number of rotatable bonds is 11. The fourth-order valence-corrected chi connectivity index (χ4v) is 12.2. The Morgan fingerprint density at radius 2 is 1.44 bits per heavy atom. The summed E-state index contributed by atoms with van der Waals surface area (Å²) in [7, 11) is -2.69. The highest BCUT2D eigenvalue weighted by atomic mass is 32.2. The van der Waals surface area contributed by atoms with Crippen LogP contribution in [-0.2, 0) is 13.9 Å². The zero-order chi connectivity index (χ0) is 24.8. The van der Waals surface area contributed by atoms with Crippen LogP contribution in [0.15, 0.2) is 60.7 Å². The minimum Gasteiger partial charge on any atom is -0.402 e. The van der Waals surface area contributed by atoms with Crippen LogP contribution in [-0.4, -0.2) is 49.0 Å². The molecule has 0 N–H and O–H groups in total. The molecule has 188 valence electrons. The summed E-state index contributed by atoms with van der Waals surface area (Å²) in [6.45, 7) is 16.1. The van der Waals surface area contributed by atoms with Crippen LogP contribution in [0, 0.1) is 0 Å². The molecule has 2 aromatic rings. The van der Waals surface area contributed by atoms with E-state index in [0.29, 0.717) is 11.2 Å². The maximum absolute atomic E-state index is 7.58. The second-order valence-electron chi connectivity index (χ2n) is 10.3. The first-order valence-corrected chi connectivity index (χ1v) is 16.5. The lowest BCUT2D eigenvalue weighted by molar-refractivity contribution is -0.149. The van der Waals surface area contributed by atoms with Gasteiger partial charge in [0.1, 0.15) is 6.10 Å². The van der Waals surface area contributed by atoms with Crippen molar-refractivity contribution in [3.8, 4) is 0 Å². The van der Waals surface area contributed by atoms with Gasteiger partial charge in [0.15, 0.2) is 5.79 Å². The molecule has 0 spiro atoms. The lowest BCUT2D eigenvalue weighted by Gasteiger charge is -2.46. The molecule has 0 amide bonds. The fraction of sp³-hybridized carbons (Fsp3) is 0.571. The third-order valence-electron chi connectivity index (χ3n) is 6.32. The molecule has 1 saturated heterocycles. The smallest absolute Gasteiger partial charge is 0.261 e. The van der Waals surface area contributed by atoms with E-state index in [1.165, 1.54) is 10.4 Å². The van der Waals surface area contributed by atoms with Gasteiger partial charge in [-0.2, -0.15) is 0 Å². The van der Waals surface area contributed by atoms with Crippen molar-refractivity contribution < 1.29 is 13.9 Å². The zero-order valence-electron chi connectivity index (χ0n) is 21.9. The van der Waals surface area contributed by atoms with Crippen molar-refractivity contribution in [2.75, 3.05) is 18.1 Å².